The second-order valence-electron chi connectivity index (χ2n) is 8.63. The smallest absolute Gasteiger partial charge is 0.411 e. The van der Waals surface area contributed by atoms with Gasteiger partial charge in [-0.2, -0.15) is 23.4 Å². The number of hydrogen-bond donors (Lipinski definition) is 1. The number of halogens is 3. The summed E-state index contributed by atoms with van der Waals surface area (Å²) in [6.07, 6.45) is -1.92. The number of aryl methyl sites for hydroxylation is 1. The predicted octanol–water partition coefficient (Wildman–Crippen LogP) is 2.75. The third kappa shape index (κ3) is 5.42. The molecule has 9 nitrogen and oxygen atoms in total. The van der Waals surface area contributed by atoms with Gasteiger partial charge in [-0.25, -0.2) is 4.68 Å². The Hall–Kier alpha value is -3.54. The Morgan fingerprint density at radius 1 is 1.26 bits per heavy atom. The number of benzene rings is 1. The van der Waals surface area contributed by atoms with Gasteiger partial charge >= 0.3 is 6.18 Å². The molecule has 35 heavy (non-hydrogen) atoms. The SMILES string of the molecule is Cn1ccc(-c2ccc3c(c2)C[C@@H](NC(=O)c2cc4n(n2)CC(CCOCC(F)(F)F)O4)CO3)n1. The standard InChI is InChI=1S/C23H24F3N5O4/c1-30-6-4-18(28-30)14-2-3-20-15(8-14)9-16(12-34-20)27-22(32)19-10-21-31(29-19)11-17(35-21)5-7-33-13-23(24,25)26/h2-4,6,8,10,16-17H,5,7,9,11-13H2,1H3,(H,27,32)/t16-,17?/m1/s1. The molecule has 0 fully saturated rings. The minimum absolute atomic E-state index is 0.0758. The van der Waals surface area contributed by atoms with Gasteiger partial charge in [0, 0.05) is 31.3 Å². The number of ether oxygens (including phenoxy) is 3. The molecule has 12 heteroatoms. The van der Waals surface area contributed by atoms with E-state index in [1.54, 1.807) is 4.68 Å². The molecule has 0 saturated carbocycles. The lowest BCUT2D eigenvalue weighted by Gasteiger charge is -2.26. The van der Waals surface area contributed by atoms with Gasteiger partial charge in [-0.15, -0.1) is 0 Å². The van der Waals surface area contributed by atoms with Gasteiger partial charge < -0.3 is 19.5 Å². The van der Waals surface area contributed by atoms with E-state index in [2.05, 4.69) is 20.3 Å². The first-order valence-electron chi connectivity index (χ1n) is 11.2. The third-order valence-electron chi connectivity index (χ3n) is 5.80. The monoisotopic (exact) mass is 491 g/mol. The number of carbonyl (C=O) groups is 1. The summed E-state index contributed by atoms with van der Waals surface area (Å²) >= 11 is 0. The molecule has 5 rings (SSSR count). The molecule has 2 aliphatic heterocycles. The summed E-state index contributed by atoms with van der Waals surface area (Å²) in [5.74, 6) is 0.842. The molecule has 4 heterocycles. The molecule has 0 radical (unpaired) electrons. The van der Waals surface area contributed by atoms with Crippen molar-refractivity contribution >= 4 is 5.91 Å². The Morgan fingerprint density at radius 3 is 2.86 bits per heavy atom. The molecule has 2 aliphatic rings. The molecule has 0 spiro atoms. The van der Waals surface area contributed by atoms with Gasteiger partial charge in [-0.05, 0) is 36.2 Å². The van der Waals surface area contributed by atoms with E-state index >= 15 is 0 Å². The van der Waals surface area contributed by atoms with Crippen molar-refractivity contribution in [1.82, 2.24) is 24.9 Å². The number of nitrogens with one attached hydrogen (secondary N) is 1. The molecule has 1 aromatic carbocycles. The average molecular weight is 491 g/mol. The van der Waals surface area contributed by atoms with Crippen molar-refractivity contribution in [1.29, 1.82) is 0 Å². The maximum Gasteiger partial charge on any atom is 0.411 e. The highest BCUT2D eigenvalue weighted by Crippen LogP contribution is 2.30. The fourth-order valence-electron chi connectivity index (χ4n) is 4.17. The van der Waals surface area contributed by atoms with E-state index in [0.717, 1.165) is 22.6 Å². The summed E-state index contributed by atoms with van der Waals surface area (Å²) in [5, 5.41) is 11.7. The van der Waals surface area contributed by atoms with Gasteiger partial charge in [0.15, 0.2) is 5.69 Å². The highest BCUT2D eigenvalue weighted by Gasteiger charge is 2.30. The summed E-state index contributed by atoms with van der Waals surface area (Å²) < 4.78 is 55.9. The highest BCUT2D eigenvalue weighted by atomic mass is 19.4. The van der Waals surface area contributed by atoms with Gasteiger partial charge in [-0.1, -0.05) is 0 Å². The molecular weight excluding hydrogens is 467 g/mol. The molecule has 1 unspecified atom stereocenters. The predicted molar refractivity (Wildman–Crippen MR) is 117 cm³/mol. The fourth-order valence-corrected chi connectivity index (χ4v) is 4.17. The van der Waals surface area contributed by atoms with Crippen LogP contribution in [0.25, 0.3) is 11.3 Å². The Labute approximate surface area is 198 Å². The largest absolute Gasteiger partial charge is 0.491 e. The van der Waals surface area contributed by atoms with Crippen LogP contribution in [0.1, 0.15) is 22.5 Å². The van der Waals surface area contributed by atoms with Crippen LogP contribution in [0.2, 0.25) is 0 Å². The molecule has 1 amide bonds. The van der Waals surface area contributed by atoms with Crippen molar-refractivity contribution in [3.63, 3.8) is 0 Å². The minimum atomic E-state index is -4.35. The lowest BCUT2D eigenvalue weighted by atomic mass is 9.99. The molecule has 186 valence electrons. The average Bonchev–Trinajstić information content (AvgIpc) is 3.50. The third-order valence-corrected chi connectivity index (χ3v) is 5.80. The van der Waals surface area contributed by atoms with Crippen molar-refractivity contribution in [3.05, 3.63) is 47.8 Å². The van der Waals surface area contributed by atoms with E-state index < -0.39 is 12.8 Å². The lowest BCUT2D eigenvalue weighted by molar-refractivity contribution is -0.174. The summed E-state index contributed by atoms with van der Waals surface area (Å²) in [6.45, 7) is -0.679. The van der Waals surface area contributed by atoms with E-state index in [4.69, 9.17) is 9.47 Å². The van der Waals surface area contributed by atoms with Crippen LogP contribution < -0.4 is 14.8 Å². The zero-order valence-electron chi connectivity index (χ0n) is 18.9. The van der Waals surface area contributed by atoms with Crippen LogP contribution in [0, 0.1) is 0 Å². The molecule has 0 saturated heterocycles. The highest BCUT2D eigenvalue weighted by molar-refractivity contribution is 5.92. The van der Waals surface area contributed by atoms with Gasteiger partial charge in [0.1, 0.15) is 25.1 Å². The van der Waals surface area contributed by atoms with Gasteiger partial charge in [0.05, 0.1) is 24.9 Å². The fraction of sp³-hybridized carbons (Fsp3) is 0.435. The minimum Gasteiger partial charge on any atom is -0.491 e. The lowest BCUT2D eigenvalue weighted by Crippen LogP contribution is -2.43. The number of carbonyl (C=O) groups excluding carboxylic acids is 1. The Kier molecular flexibility index (Phi) is 6.13. The van der Waals surface area contributed by atoms with Crippen LogP contribution in [0.3, 0.4) is 0 Å². The number of hydrogen-bond acceptors (Lipinski definition) is 6. The van der Waals surface area contributed by atoms with E-state index in [1.165, 1.54) is 10.7 Å². The zero-order valence-corrected chi connectivity index (χ0v) is 18.9. The number of fused-ring (bicyclic) bond motifs is 2. The molecular formula is C23H24F3N5O4. The van der Waals surface area contributed by atoms with Crippen LogP contribution in [0.5, 0.6) is 11.6 Å². The van der Waals surface area contributed by atoms with E-state index in [9.17, 15) is 18.0 Å². The Balaban J connectivity index is 1.15. The summed E-state index contributed by atoms with van der Waals surface area (Å²) in [4.78, 5) is 12.8. The molecule has 1 N–H and O–H groups in total. The van der Waals surface area contributed by atoms with Crippen LogP contribution in [0.15, 0.2) is 36.5 Å². The van der Waals surface area contributed by atoms with Crippen molar-refractivity contribution in [2.75, 3.05) is 19.8 Å². The molecule has 2 atom stereocenters. The van der Waals surface area contributed by atoms with Gasteiger partial charge in [0.25, 0.3) is 5.91 Å². The number of aromatic nitrogens is 4. The van der Waals surface area contributed by atoms with E-state index in [0.29, 0.717) is 31.9 Å². The van der Waals surface area contributed by atoms with E-state index in [1.807, 2.05) is 37.5 Å². The Bertz CT molecular complexity index is 1200. The maximum absolute atomic E-state index is 12.8. The van der Waals surface area contributed by atoms with Crippen LogP contribution in [-0.4, -0.2) is 63.6 Å². The zero-order chi connectivity index (χ0) is 24.6. The van der Waals surface area contributed by atoms with Gasteiger partial charge in [0.2, 0.25) is 5.88 Å². The number of nitrogens with zero attached hydrogens (tertiary/aromatic N) is 4. The number of rotatable bonds is 7. The second-order valence-corrected chi connectivity index (χ2v) is 8.63. The Morgan fingerprint density at radius 2 is 2.11 bits per heavy atom. The second kappa shape index (κ2) is 9.25. The van der Waals surface area contributed by atoms with E-state index in [-0.39, 0.29) is 30.4 Å². The normalized spacial score (nSPS) is 19.0. The van der Waals surface area contributed by atoms with Crippen molar-refractivity contribution in [2.24, 2.45) is 7.05 Å². The maximum atomic E-state index is 12.8. The number of amides is 1. The van der Waals surface area contributed by atoms with Crippen molar-refractivity contribution < 1.29 is 32.2 Å². The molecule has 3 aromatic rings. The van der Waals surface area contributed by atoms with Crippen LogP contribution in [-0.2, 0) is 24.8 Å². The quantitative estimate of drug-likeness (QED) is 0.511. The first-order chi connectivity index (χ1) is 16.7. The van der Waals surface area contributed by atoms with Crippen LogP contribution in [0.4, 0.5) is 13.2 Å². The van der Waals surface area contributed by atoms with Crippen LogP contribution >= 0.6 is 0 Å². The summed E-state index contributed by atoms with van der Waals surface area (Å²) in [6, 6.07) is 9.13. The first-order valence-corrected chi connectivity index (χ1v) is 11.2. The topological polar surface area (TPSA) is 92.4 Å². The molecule has 0 aliphatic carbocycles. The van der Waals surface area contributed by atoms with Gasteiger partial charge in [-0.3, -0.25) is 9.48 Å². The van der Waals surface area contributed by atoms with Crippen molar-refractivity contribution in [3.8, 4) is 22.9 Å². The summed E-state index contributed by atoms with van der Waals surface area (Å²) in [5.41, 5.74) is 3.02. The molecule has 2 aromatic heterocycles. The van der Waals surface area contributed by atoms with Crippen molar-refractivity contribution in [2.45, 2.75) is 37.7 Å². The number of alkyl halides is 3. The first kappa shape index (κ1) is 23.2. The summed E-state index contributed by atoms with van der Waals surface area (Å²) in [7, 11) is 1.86. The molecule has 0 bridgehead atoms.